The summed E-state index contributed by atoms with van der Waals surface area (Å²) in [7, 11) is 0. The predicted molar refractivity (Wildman–Crippen MR) is 130 cm³/mol. The average Bonchev–Trinajstić information content (AvgIpc) is 3.59. The number of allylic oxidation sites excluding steroid dienone is 3. The van der Waals surface area contributed by atoms with Gasteiger partial charge in [-0.2, -0.15) is 10.1 Å². The minimum absolute atomic E-state index is 0.178. The fourth-order valence-electron chi connectivity index (χ4n) is 3.76. The maximum atomic E-state index is 12.4. The topological polar surface area (TPSA) is 113 Å². The van der Waals surface area contributed by atoms with E-state index >= 15 is 0 Å². The molecular formula is C25H27F3N6O3. The lowest BCUT2D eigenvalue weighted by Gasteiger charge is -2.12. The number of hydrogen-bond acceptors (Lipinski definition) is 8. The molecule has 0 spiro atoms. The molecular weight excluding hydrogens is 489 g/mol. The van der Waals surface area contributed by atoms with Crippen molar-refractivity contribution in [1.82, 2.24) is 25.2 Å². The number of benzene rings is 1. The number of ether oxygens (including phenoxy) is 2. The standard InChI is InChI=1S/C25H27F3N6O3/c1-16(30-13-19-8-10-35-15-19)11-18(7-9-29)14-34-17(2)12-22(32-34)24-31-23(33-37-24)20-3-5-21(6-4-20)36-25(26,27)28/h3-7,9,11-12,19,30H,1,8,10,13-15,29H2,2H3/b9-7-,18-11+. The summed E-state index contributed by atoms with van der Waals surface area (Å²) in [6.07, 6.45) is 1.42. The van der Waals surface area contributed by atoms with Crippen molar-refractivity contribution in [3.63, 3.8) is 0 Å². The number of aryl methyl sites for hydroxylation is 1. The zero-order chi connectivity index (χ0) is 26.4. The highest BCUT2D eigenvalue weighted by molar-refractivity contribution is 5.59. The first-order valence-electron chi connectivity index (χ1n) is 11.5. The van der Waals surface area contributed by atoms with Crippen molar-refractivity contribution < 1.29 is 27.2 Å². The largest absolute Gasteiger partial charge is 0.573 e. The Labute approximate surface area is 211 Å². The smallest absolute Gasteiger partial charge is 0.406 e. The van der Waals surface area contributed by atoms with Crippen LogP contribution in [0, 0.1) is 12.8 Å². The summed E-state index contributed by atoms with van der Waals surface area (Å²) in [5, 5.41) is 11.8. The monoisotopic (exact) mass is 516 g/mol. The highest BCUT2D eigenvalue weighted by atomic mass is 19.4. The van der Waals surface area contributed by atoms with E-state index in [0.717, 1.165) is 43.1 Å². The lowest BCUT2D eigenvalue weighted by atomic mass is 10.1. The van der Waals surface area contributed by atoms with Crippen molar-refractivity contribution in [2.75, 3.05) is 19.8 Å². The van der Waals surface area contributed by atoms with Crippen LogP contribution in [0.2, 0.25) is 0 Å². The third-order valence-corrected chi connectivity index (χ3v) is 5.62. The Hall–Kier alpha value is -4.06. The summed E-state index contributed by atoms with van der Waals surface area (Å²) >= 11 is 0. The van der Waals surface area contributed by atoms with E-state index in [9.17, 15) is 13.2 Å². The normalized spacial score (nSPS) is 16.4. The van der Waals surface area contributed by atoms with Gasteiger partial charge < -0.3 is 25.0 Å². The lowest BCUT2D eigenvalue weighted by molar-refractivity contribution is -0.274. The summed E-state index contributed by atoms with van der Waals surface area (Å²) in [6.45, 7) is 8.73. The summed E-state index contributed by atoms with van der Waals surface area (Å²) in [6, 6.07) is 6.99. The molecule has 3 aromatic rings. The number of rotatable bonds is 10. The molecule has 2 aromatic heterocycles. The zero-order valence-corrected chi connectivity index (χ0v) is 20.2. The molecule has 1 aromatic carbocycles. The first-order valence-corrected chi connectivity index (χ1v) is 11.5. The second-order valence-corrected chi connectivity index (χ2v) is 8.54. The highest BCUT2D eigenvalue weighted by Gasteiger charge is 2.31. The van der Waals surface area contributed by atoms with E-state index in [1.165, 1.54) is 30.5 Å². The van der Waals surface area contributed by atoms with Gasteiger partial charge in [-0.25, -0.2) is 0 Å². The molecule has 1 atom stereocenters. The summed E-state index contributed by atoms with van der Waals surface area (Å²) in [5.74, 6) is 0.523. The summed E-state index contributed by atoms with van der Waals surface area (Å²) in [4.78, 5) is 4.34. The van der Waals surface area contributed by atoms with Crippen LogP contribution in [0.1, 0.15) is 12.1 Å². The Bertz CT molecular complexity index is 1270. The molecule has 0 bridgehead atoms. The van der Waals surface area contributed by atoms with E-state index in [-0.39, 0.29) is 17.5 Å². The highest BCUT2D eigenvalue weighted by Crippen LogP contribution is 2.27. The van der Waals surface area contributed by atoms with E-state index in [1.807, 2.05) is 13.0 Å². The van der Waals surface area contributed by atoms with Crippen molar-refractivity contribution in [2.24, 2.45) is 11.7 Å². The molecule has 1 fully saturated rings. The average molecular weight is 517 g/mol. The number of nitrogens with one attached hydrogen (secondary N) is 1. The minimum Gasteiger partial charge on any atom is -0.406 e. The van der Waals surface area contributed by atoms with E-state index < -0.39 is 6.36 Å². The number of aromatic nitrogens is 4. The molecule has 0 amide bonds. The second kappa shape index (κ2) is 11.3. The SMILES string of the molecule is C=C(/C=C(\C=C/N)Cn1nc(-c2nc(-c3ccc(OC(F)(F)F)cc3)no2)cc1C)NCC1CCOC1. The molecule has 1 unspecified atom stereocenters. The van der Waals surface area contributed by atoms with Gasteiger partial charge in [0, 0.05) is 36.0 Å². The van der Waals surface area contributed by atoms with Gasteiger partial charge in [-0.15, -0.1) is 13.2 Å². The van der Waals surface area contributed by atoms with Crippen LogP contribution >= 0.6 is 0 Å². The predicted octanol–water partition coefficient (Wildman–Crippen LogP) is 4.35. The molecule has 3 heterocycles. The van der Waals surface area contributed by atoms with Crippen LogP contribution in [0.5, 0.6) is 5.75 Å². The van der Waals surface area contributed by atoms with E-state index in [1.54, 1.807) is 16.8 Å². The molecule has 0 aliphatic carbocycles. The van der Waals surface area contributed by atoms with Gasteiger partial charge in [0.25, 0.3) is 5.89 Å². The third-order valence-electron chi connectivity index (χ3n) is 5.62. The third kappa shape index (κ3) is 7.23. The van der Waals surface area contributed by atoms with Gasteiger partial charge in [0.1, 0.15) is 5.75 Å². The van der Waals surface area contributed by atoms with Crippen molar-refractivity contribution in [1.29, 1.82) is 0 Å². The van der Waals surface area contributed by atoms with Gasteiger partial charge in [-0.1, -0.05) is 11.7 Å². The molecule has 12 heteroatoms. The lowest BCUT2D eigenvalue weighted by Crippen LogP contribution is -2.21. The van der Waals surface area contributed by atoms with Crippen LogP contribution in [0.15, 0.2) is 71.1 Å². The molecule has 1 aliphatic rings. The van der Waals surface area contributed by atoms with Crippen molar-refractivity contribution in [2.45, 2.75) is 26.3 Å². The molecule has 4 rings (SSSR count). The minimum atomic E-state index is -4.76. The Balaban J connectivity index is 1.44. The Morgan fingerprint density at radius 1 is 1.32 bits per heavy atom. The van der Waals surface area contributed by atoms with E-state index in [2.05, 4.69) is 31.9 Å². The van der Waals surface area contributed by atoms with Gasteiger partial charge in [-0.05, 0) is 67.6 Å². The first kappa shape index (κ1) is 26.0. The van der Waals surface area contributed by atoms with Crippen LogP contribution in [-0.4, -0.2) is 46.0 Å². The summed E-state index contributed by atoms with van der Waals surface area (Å²) in [5.41, 5.74) is 9.07. The van der Waals surface area contributed by atoms with E-state index in [0.29, 0.717) is 23.7 Å². The van der Waals surface area contributed by atoms with Crippen LogP contribution in [0.4, 0.5) is 13.2 Å². The molecule has 1 saturated heterocycles. The van der Waals surface area contributed by atoms with E-state index in [4.69, 9.17) is 15.0 Å². The maximum Gasteiger partial charge on any atom is 0.573 e. The molecule has 0 radical (unpaired) electrons. The molecule has 196 valence electrons. The molecule has 3 N–H and O–H groups in total. The summed E-state index contributed by atoms with van der Waals surface area (Å²) < 4.78 is 53.5. The number of hydrogen-bond donors (Lipinski definition) is 2. The number of halogens is 3. The van der Waals surface area contributed by atoms with Crippen molar-refractivity contribution >= 4 is 0 Å². The number of alkyl halides is 3. The van der Waals surface area contributed by atoms with Gasteiger partial charge in [0.05, 0.1) is 13.2 Å². The fraction of sp³-hybridized carbons (Fsp3) is 0.320. The first-order chi connectivity index (χ1) is 17.7. The van der Waals surface area contributed by atoms with Crippen LogP contribution < -0.4 is 15.8 Å². The van der Waals surface area contributed by atoms with Gasteiger partial charge in [-0.3, -0.25) is 4.68 Å². The Morgan fingerprint density at radius 2 is 2.11 bits per heavy atom. The fourth-order valence-corrected chi connectivity index (χ4v) is 3.76. The van der Waals surface area contributed by atoms with Crippen molar-refractivity contribution in [3.8, 4) is 28.7 Å². The maximum absolute atomic E-state index is 12.4. The quantitative estimate of drug-likeness (QED) is 0.383. The zero-order valence-electron chi connectivity index (χ0n) is 20.2. The van der Waals surface area contributed by atoms with Crippen LogP contribution in [-0.2, 0) is 11.3 Å². The van der Waals surface area contributed by atoms with Crippen LogP contribution in [0.25, 0.3) is 23.0 Å². The molecule has 37 heavy (non-hydrogen) atoms. The van der Waals surface area contributed by atoms with Crippen molar-refractivity contribution in [3.05, 3.63) is 72.2 Å². The second-order valence-electron chi connectivity index (χ2n) is 8.54. The Kier molecular flexibility index (Phi) is 7.97. The molecule has 1 aliphatic heterocycles. The number of nitrogens with zero attached hydrogens (tertiary/aromatic N) is 4. The van der Waals surface area contributed by atoms with Gasteiger partial charge in [0.15, 0.2) is 5.69 Å². The van der Waals surface area contributed by atoms with Gasteiger partial charge >= 0.3 is 6.36 Å². The van der Waals surface area contributed by atoms with Gasteiger partial charge in [0.2, 0.25) is 5.82 Å². The molecule has 9 nitrogen and oxygen atoms in total. The van der Waals surface area contributed by atoms with Crippen LogP contribution in [0.3, 0.4) is 0 Å². The Morgan fingerprint density at radius 3 is 2.78 bits per heavy atom. The number of nitrogens with two attached hydrogens (primary N) is 1. The molecule has 0 saturated carbocycles.